The maximum Gasteiger partial charge on any atom is 0.191 e. The molecule has 0 spiro atoms. The highest BCUT2D eigenvalue weighted by Crippen LogP contribution is 2.18. The van der Waals surface area contributed by atoms with E-state index in [-0.39, 0.29) is 30.1 Å². The summed E-state index contributed by atoms with van der Waals surface area (Å²) in [6, 6.07) is 0. The van der Waals surface area contributed by atoms with Gasteiger partial charge < -0.3 is 25.5 Å². The Balaban J connectivity index is 0.00000338. The molecule has 0 unspecified atom stereocenters. The monoisotopic (exact) mass is 496 g/mol. The number of nitrogens with one attached hydrogen (secondary N) is 2. The zero-order valence-electron chi connectivity index (χ0n) is 16.1. The van der Waals surface area contributed by atoms with Gasteiger partial charge in [-0.3, -0.25) is 0 Å². The van der Waals surface area contributed by atoms with Crippen molar-refractivity contribution in [2.24, 2.45) is 4.99 Å². The Morgan fingerprint density at radius 3 is 2.73 bits per heavy atom. The second-order valence-electron chi connectivity index (χ2n) is 6.56. The average molecular weight is 496 g/mol. The number of aliphatic hydroxyl groups excluding tert-OH is 1. The second kappa shape index (κ2) is 12.7. The fourth-order valence-corrected chi connectivity index (χ4v) is 3.48. The number of thiazole rings is 1. The van der Waals surface area contributed by atoms with Gasteiger partial charge in [0.15, 0.2) is 11.1 Å². The lowest BCUT2D eigenvalue weighted by atomic mass is 10.1. The first-order valence-corrected chi connectivity index (χ1v) is 10.0. The Bertz CT molecular complexity index is 531. The summed E-state index contributed by atoms with van der Waals surface area (Å²) in [6.07, 6.45) is 2.78. The molecule has 9 heteroatoms. The predicted molar refractivity (Wildman–Crippen MR) is 121 cm³/mol. The van der Waals surface area contributed by atoms with Crippen LogP contribution in [-0.4, -0.2) is 73.9 Å². The van der Waals surface area contributed by atoms with Crippen LogP contribution in [0.4, 0.5) is 5.13 Å². The van der Waals surface area contributed by atoms with Crippen molar-refractivity contribution in [3.8, 4) is 0 Å². The molecule has 0 radical (unpaired) electrons. The third-order valence-corrected chi connectivity index (χ3v) is 5.22. The molecule has 1 saturated heterocycles. The molecule has 2 rings (SSSR count). The van der Waals surface area contributed by atoms with E-state index in [0.717, 1.165) is 68.8 Å². The minimum atomic E-state index is -0.0967. The third kappa shape index (κ3) is 8.36. The quantitative estimate of drug-likeness (QED) is 0.220. The van der Waals surface area contributed by atoms with Crippen molar-refractivity contribution in [3.05, 3.63) is 11.1 Å². The van der Waals surface area contributed by atoms with Gasteiger partial charge in [0.05, 0.1) is 18.3 Å². The van der Waals surface area contributed by atoms with Gasteiger partial charge in [-0.25, -0.2) is 9.98 Å². The Hall–Kier alpha value is -0.650. The molecule has 0 bridgehead atoms. The van der Waals surface area contributed by atoms with Crippen LogP contribution in [0.3, 0.4) is 0 Å². The van der Waals surface area contributed by atoms with Crippen molar-refractivity contribution in [3.63, 3.8) is 0 Å². The number of rotatable bonds is 8. The molecule has 0 atom stereocenters. The number of guanidine groups is 1. The van der Waals surface area contributed by atoms with Crippen molar-refractivity contribution in [1.82, 2.24) is 20.5 Å². The first kappa shape index (κ1) is 23.4. The maximum absolute atomic E-state index is 9.55. The zero-order valence-corrected chi connectivity index (χ0v) is 19.2. The van der Waals surface area contributed by atoms with Gasteiger partial charge in [-0.2, -0.15) is 0 Å². The number of anilines is 1. The van der Waals surface area contributed by atoms with Gasteiger partial charge in [-0.1, -0.05) is 0 Å². The molecular weight excluding hydrogens is 463 g/mol. The lowest BCUT2D eigenvalue weighted by molar-refractivity contribution is 0.0823. The fourth-order valence-electron chi connectivity index (χ4n) is 2.73. The summed E-state index contributed by atoms with van der Waals surface area (Å²) < 4.78 is 0. The highest BCUT2D eigenvalue weighted by atomic mass is 127. The minimum Gasteiger partial charge on any atom is -0.393 e. The lowest BCUT2D eigenvalue weighted by Gasteiger charge is -2.29. The SMILES string of the molecule is CCNC(=NCc1csc(N(C)C)n1)NCCCN1CCC(O)CC1.I. The normalized spacial score (nSPS) is 16.2. The Morgan fingerprint density at radius 1 is 1.38 bits per heavy atom. The number of hydrogen-bond donors (Lipinski definition) is 3. The number of nitrogens with zero attached hydrogens (tertiary/aromatic N) is 4. The molecule has 1 aliphatic heterocycles. The van der Waals surface area contributed by atoms with Gasteiger partial charge in [0.25, 0.3) is 0 Å². The number of hydrogen-bond acceptors (Lipinski definition) is 6. The molecule has 1 aromatic rings. The van der Waals surface area contributed by atoms with E-state index in [2.05, 4.69) is 37.8 Å². The lowest BCUT2D eigenvalue weighted by Crippen LogP contribution is -2.40. The molecule has 150 valence electrons. The van der Waals surface area contributed by atoms with Crippen LogP contribution in [0, 0.1) is 0 Å². The molecule has 7 nitrogen and oxygen atoms in total. The molecule has 26 heavy (non-hydrogen) atoms. The minimum absolute atomic E-state index is 0. The summed E-state index contributed by atoms with van der Waals surface area (Å²) in [5.74, 6) is 0.843. The third-order valence-electron chi connectivity index (χ3n) is 4.17. The second-order valence-corrected chi connectivity index (χ2v) is 7.40. The van der Waals surface area contributed by atoms with Crippen LogP contribution in [0.5, 0.6) is 0 Å². The first-order valence-electron chi connectivity index (χ1n) is 9.12. The van der Waals surface area contributed by atoms with E-state index < -0.39 is 0 Å². The van der Waals surface area contributed by atoms with E-state index in [4.69, 9.17) is 0 Å². The van der Waals surface area contributed by atoms with E-state index in [9.17, 15) is 5.11 Å². The number of piperidine rings is 1. The van der Waals surface area contributed by atoms with E-state index in [1.165, 1.54) is 0 Å². The molecule has 2 heterocycles. The summed E-state index contributed by atoms with van der Waals surface area (Å²) in [5, 5.41) is 19.3. The van der Waals surface area contributed by atoms with E-state index >= 15 is 0 Å². The molecule has 1 fully saturated rings. The molecule has 1 aliphatic rings. The standard InChI is InChI=1S/C17H32N6OS.HI/c1-4-18-16(20-12-14-13-25-17(21-14)22(2)3)19-8-5-9-23-10-6-15(24)7-11-23;/h13,15,24H,4-12H2,1-3H3,(H2,18,19,20);1H. The van der Waals surface area contributed by atoms with Gasteiger partial charge in [0, 0.05) is 45.7 Å². The van der Waals surface area contributed by atoms with Gasteiger partial charge in [0.1, 0.15) is 0 Å². The maximum atomic E-state index is 9.55. The van der Waals surface area contributed by atoms with E-state index in [1.54, 1.807) is 11.3 Å². The summed E-state index contributed by atoms with van der Waals surface area (Å²) >= 11 is 1.64. The summed E-state index contributed by atoms with van der Waals surface area (Å²) in [4.78, 5) is 13.6. The highest BCUT2D eigenvalue weighted by molar-refractivity contribution is 14.0. The summed E-state index contributed by atoms with van der Waals surface area (Å²) in [7, 11) is 4.00. The molecule has 0 aromatic carbocycles. The van der Waals surface area contributed by atoms with Crippen molar-refractivity contribution in [1.29, 1.82) is 0 Å². The fraction of sp³-hybridized carbons (Fsp3) is 0.765. The summed E-state index contributed by atoms with van der Waals surface area (Å²) in [5.41, 5.74) is 0.998. The van der Waals surface area contributed by atoms with Crippen molar-refractivity contribution in [2.45, 2.75) is 38.8 Å². The van der Waals surface area contributed by atoms with Gasteiger partial charge in [0.2, 0.25) is 0 Å². The Kier molecular flexibility index (Phi) is 11.4. The number of aliphatic imine (C=N–C) groups is 1. The average Bonchev–Trinajstić information content (AvgIpc) is 3.07. The number of likely N-dealkylation sites (tertiary alicyclic amines) is 1. The number of aliphatic hydroxyl groups is 1. The van der Waals surface area contributed by atoms with Crippen LogP contribution >= 0.6 is 35.3 Å². The van der Waals surface area contributed by atoms with Crippen LogP contribution in [0.2, 0.25) is 0 Å². The van der Waals surface area contributed by atoms with Crippen molar-refractivity contribution >= 4 is 46.4 Å². The van der Waals surface area contributed by atoms with E-state index in [0.29, 0.717) is 6.54 Å². The molecule has 1 aromatic heterocycles. The van der Waals surface area contributed by atoms with Crippen molar-refractivity contribution < 1.29 is 5.11 Å². The number of halogens is 1. The van der Waals surface area contributed by atoms with Gasteiger partial charge in [-0.15, -0.1) is 35.3 Å². The predicted octanol–water partition coefficient (Wildman–Crippen LogP) is 1.73. The largest absolute Gasteiger partial charge is 0.393 e. The highest BCUT2D eigenvalue weighted by Gasteiger charge is 2.16. The van der Waals surface area contributed by atoms with Crippen molar-refractivity contribution in [2.75, 3.05) is 51.7 Å². The first-order chi connectivity index (χ1) is 12.1. The van der Waals surface area contributed by atoms with Crippen LogP contribution < -0.4 is 15.5 Å². The Morgan fingerprint density at radius 2 is 2.12 bits per heavy atom. The molecule has 0 aliphatic carbocycles. The Labute approximate surface area is 178 Å². The van der Waals surface area contributed by atoms with E-state index in [1.807, 2.05) is 19.0 Å². The molecular formula is C17H33IN6OS. The summed E-state index contributed by atoms with van der Waals surface area (Å²) in [6.45, 7) is 7.48. The van der Waals surface area contributed by atoms with Crippen LogP contribution in [0.25, 0.3) is 0 Å². The molecule has 0 saturated carbocycles. The molecule has 0 amide bonds. The zero-order chi connectivity index (χ0) is 18.1. The van der Waals surface area contributed by atoms with Gasteiger partial charge >= 0.3 is 0 Å². The van der Waals surface area contributed by atoms with Crippen LogP contribution in [0.1, 0.15) is 31.9 Å². The topological polar surface area (TPSA) is 76.0 Å². The number of aromatic nitrogens is 1. The van der Waals surface area contributed by atoms with Gasteiger partial charge in [-0.05, 0) is 32.7 Å². The van der Waals surface area contributed by atoms with Crippen LogP contribution in [0.15, 0.2) is 10.4 Å². The smallest absolute Gasteiger partial charge is 0.191 e. The van der Waals surface area contributed by atoms with Crippen LogP contribution in [-0.2, 0) is 6.54 Å². The molecule has 3 N–H and O–H groups in total.